The van der Waals surface area contributed by atoms with Gasteiger partial charge in [-0.1, -0.05) is 0 Å². The van der Waals surface area contributed by atoms with Crippen LogP contribution in [-0.4, -0.2) is 43.1 Å². The SMILES string of the molecule is CC1(C)Cc2cc(S(=O)(=O)N3CC4(CCCO4)C3C3CC3)ccc2O1. The minimum absolute atomic E-state index is 0.0287. The van der Waals surface area contributed by atoms with Crippen LogP contribution in [0.15, 0.2) is 23.1 Å². The monoisotopic (exact) mass is 363 g/mol. The highest BCUT2D eigenvalue weighted by molar-refractivity contribution is 7.89. The summed E-state index contributed by atoms with van der Waals surface area (Å²) in [7, 11) is -3.48. The van der Waals surface area contributed by atoms with Crippen LogP contribution in [0.1, 0.15) is 45.1 Å². The fourth-order valence-corrected chi connectivity index (χ4v) is 6.73. The van der Waals surface area contributed by atoms with E-state index >= 15 is 0 Å². The molecule has 1 spiro atoms. The third kappa shape index (κ3) is 2.37. The van der Waals surface area contributed by atoms with Crippen LogP contribution >= 0.6 is 0 Å². The van der Waals surface area contributed by atoms with Crippen LogP contribution in [0, 0.1) is 5.92 Å². The van der Waals surface area contributed by atoms with Crippen molar-refractivity contribution >= 4 is 10.0 Å². The first kappa shape index (κ1) is 16.1. The maximum atomic E-state index is 13.3. The number of hydrogen-bond donors (Lipinski definition) is 0. The van der Waals surface area contributed by atoms with Crippen molar-refractivity contribution in [1.82, 2.24) is 4.31 Å². The van der Waals surface area contributed by atoms with E-state index in [1.165, 1.54) is 0 Å². The second-order valence-corrected chi connectivity index (χ2v) is 10.5. The van der Waals surface area contributed by atoms with Gasteiger partial charge in [-0.3, -0.25) is 0 Å². The Morgan fingerprint density at radius 1 is 1.24 bits per heavy atom. The van der Waals surface area contributed by atoms with E-state index in [9.17, 15) is 8.42 Å². The molecule has 0 aromatic heterocycles. The van der Waals surface area contributed by atoms with Crippen LogP contribution in [0.2, 0.25) is 0 Å². The average Bonchev–Trinajstić information content (AvgIpc) is 3.09. The van der Waals surface area contributed by atoms with Gasteiger partial charge in [-0.25, -0.2) is 8.42 Å². The van der Waals surface area contributed by atoms with Gasteiger partial charge in [-0.2, -0.15) is 4.31 Å². The Morgan fingerprint density at radius 3 is 2.72 bits per heavy atom. The largest absolute Gasteiger partial charge is 0.487 e. The zero-order valence-corrected chi connectivity index (χ0v) is 15.6. The second-order valence-electron chi connectivity index (χ2n) is 8.66. The van der Waals surface area contributed by atoms with Gasteiger partial charge >= 0.3 is 0 Å². The first-order valence-electron chi connectivity index (χ1n) is 9.29. The molecule has 1 saturated carbocycles. The summed E-state index contributed by atoms with van der Waals surface area (Å²) in [6.07, 6.45) is 5.02. The van der Waals surface area contributed by atoms with Crippen molar-refractivity contribution in [3.63, 3.8) is 0 Å². The van der Waals surface area contributed by atoms with Gasteiger partial charge in [0.25, 0.3) is 0 Å². The molecule has 1 aliphatic carbocycles. The maximum Gasteiger partial charge on any atom is 0.243 e. The molecule has 0 bridgehead atoms. The Labute approximate surface area is 149 Å². The molecule has 3 fully saturated rings. The number of benzene rings is 1. The Kier molecular flexibility index (Phi) is 3.21. The van der Waals surface area contributed by atoms with Gasteiger partial charge in [-0.15, -0.1) is 0 Å². The highest BCUT2D eigenvalue weighted by Gasteiger charge is 2.63. The van der Waals surface area contributed by atoms with E-state index < -0.39 is 10.0 Å². The lowest BCUT2D eigenvalue weighted by molar-refractivity contribution is -0.132. The van der Waals surface area contributed by atoms with E-state index in [0.717, 1.165) is 50.0 Å². The number of ether oxygens (including phenoxy) is 2. The van der Waals surface area contributed by atoms with Crippen LogP contribution in [0.5, 0.6) is 5.75 Å². The van der Waals surface area contributed by atoms with Crippen molar-refractivity contribution in [1.29, 1.82) is 0 Å². The predicted molar refractivity (Wildman–Crippen MR) is 93.2 cm³/mol. The number of nitrogens with zero attached hydrogens (tertiary/aromatic N) is 1. The summed E-state index contributed by atoms with van der Waals surface area (Å²) in [6.45, 7) is 5.33. The smallest absolute Gasteiger partial charge is 0.243 e. The molecule has 2 saturated heterocycles. The number of hydrogen-bond acceptors (Lipinski definition) is 4. The van der Waals surface area contributed by atoms with E-state index in [2.05, 4.69) is 0 Å². The standard InChI is InChI=1S/C19H25NO4S/c1-18(2)11-14-10-15(6-7-16(14)24-18)25(21,22)20-12-19(8-3-9-23-19)17(20)13-4-5-13/h6-7,10,13,17H,3-5,8-9,11-12H2,1-2H3. The van der Waals surface area contributed by atoms with Crippen molar-refractivity contribution < 1.29 is 17.9 Å². The van der Waals surface area contributed by atoms with E-state index in [4.69, 9.17) is 9.47 Å². The molecule has 4 aliphatic rings. The molecule has 3 heterocycles. The summed E-state index contributed by atoms with van der Waals surface area (Å²) in [5.41, 5.74) is 0.511. The number of fused-ring (bicyclic) bond motifs is 1. The van der Waals surface area contributed by atoms with Gasteiger partial charge in [0.1, 0.15) is 11.4 Å². The van der Waals surface area contributed by atoms with Crippen molar-refractivity contribution in [2.24, 2.45) is 5.92 Å². The van der Waals surface area contributed by atoms with Gasteiger partial charge < -0.3 is 9.47 Å². The van der Waals surface area contributed by atoms with Crippen LogP contribution in [-0.2, 0) is 21.2 Å². The first-order chi connectivity index (χ1) is 11.8. The predicted octanol–water partition coefficient (Wildman–Crippen LogP) is 2.73. The van der Waals surface area contributed by atoms with E-state index in [-0.39, 0.29) is 17.2 Å². The summed E-state index contributed by atoms with van der Waals surface area (Å²) in [4.78, 5) is 0.394. The summed E-state index contributed by atoms with van der Waals surface area (Å²) >= 11 is 0. The fourth-order valence-electron chi connectivity index (χ4n) is 4.88. The maximum absolute atomic E-state index is 13.3. The molecular formula is C19H25NO4S. The van der Waals surface area contributed by atoms with Crippen LogP contribution < -0.4 is 4.74 Å². The van der Waals surface area contributed by atoms with Gasteiger partial charge in [0, 0.05) is 19.6 Å². The molecule has 25 heavy (non-hydrogen) atoms. The highest BCUT2D eigenvalue weighted by Crippen LogP contribution is 2.53. The molecule has 2 atom stereocenters. The van der Waals surface area contributed by atoms with Crippen molar-refractivity contribution in [3.8, 4) is 5.75 Å². The number of rotatable bonds is 3. The van der Waals surface area contributed by atoms with E-state index in [1.54, 1.807) is 10.4 Å². The molecule has 5 nitrogen and oxygen atoms in total. The highest BCUT2D eigenvalue weighted by atomic mass is 32.2. The minimum atomic E-state index is -3.48. The third-order valence-electron chi connectivity index (χ3n) is 6.12. The van der Waals surface area contributed by atoms with Crippen molar-refractivity contribution in [3.05, 3.63) is 23.8 Å². The van der Waals surface area contributed by atoms with Gasteiger partial charge in [-0.05, 0) is 69.2 Å². The summed E-state index contributed by atoms with van der Waals surface area (Å²) < 4.78 is 40.2. The van der Waals surface area contributed by atoms with Gasteiger partial charge in [0.05, 0.1) is 16.5 Å². The van der Waals surface area contributed by atoms with E-state index in [0.29, 0.717) is 17.4 Å². The normalized spacial score (nSPS) is 33.9. The third-order valence-corrected chi connectivity index (χ3v) is 7.94. The Bertz CT molecular complexity index is 822. The molecule has 6 heteroatoms. The lowest BCUT2D eigenvalue weighted by Crippen LogP contribution is -2.71. The summed E-state index contributed by atoms with van der Waals surface area (Å²) in [5.74, 6) is 1.28. The zero-order chi connectivity index (χ0) is 17.4. The quantitative estimate of drug-likeness (QED) is 0.829. The first-order valence-corrected chi connectivity index (χ1v) is 10.7. The molecule has 3 aliphatic heterocycles. The Hall–Kier alpha value is -1.11. The van der Waals surface area contributed by atoms with Crippen LogP contribution in [0.4, 0.5) is 0 Å². The molecule has 136 valence electrons. The lowest BCUT2D eigenvalue weighted by Gasteiger charge is -2.54. The Balaban J connectivity index is 1.46. The molecule has 0 N–H and O–H groups in total. The minimum Gasteiger partial charge on any atom is -0.487 e. The second kappa shape index (κ2) is 4.99. The molecule has 1 aromatic rings. The van der Waals surface area contributed by atoms with E-state index in [1.807, 2.05) is 26.0 Å². The lowest BCUT2D eigenvalue weighted by atomic mass is 9.80. The molecule has 1 aromatic carbocycles. The summed E-state index contributed by atoms with van der Waals surface area (Å²) in [6, 6.07) is 5.34. The van der Waals surface area contributed by atoms with Crippen molar-refractivity contribution in [2.75, 3.05) is 13.2 Å². The fraction of sp³-hybridized carbons (Fsp3) is 0.684. The summed E-state index contributed by atoms with van der Waals surface area (Å²) in [5, 5.41) is 0. The molecule has 0 radical (unpaired) electrons. The molecule has 2 unspecified atom stereocenters. The Morgan fingerprint density at radius 2 is 2.04 bits per heavy atom. The van der Waals surface area contributed by atoms with Gasteiger partial charge in [0.15, 0.2) is 0 Å². The van der Waals surface area contributed by atoms with Gasteiger partial charge in [0.2, 0.25) is 10.0 Å². The molecular weight excluding hydrogens is 338 g/mol. The molecule has 0 amide bonds. The average molecular weight is 363 g/mol. The molecule has 5 rings (SSSR count). The zero-order valence-electron chi connectivity index (χ0n) is 14.8. The van der Waals surface area contributed by atoms with Crippen molar-refractivity contribution in [2.45, 2.75) is 68.1 Å². The van der Waals surface area contributed by atoms with Crippen LogP contribution in [0.3, 0.4) is 0 Å². The number of sulfonamides is 1. The topological polar surface area (TPSA) is 55.8 Å². The van der Waals surface area contributed by atoms with Crippen LogP contribution in [0.25, 0.3) is 0 Å².